The Kier molecular flexibility index (Phi) is 7.41. The Labute approximate surface area is 239 Å². The lowest BCUT2D eigenvalue weighted by Gasteiger charge is -2.13. The van der Waals surface area contributed by atoms with Crippen LogP contribution in [0.5, 0.6) is 5.75 Å². The van der Waals surface area contributed by atoms with Gasteiger partial charge in [0.25, 0.3) is 5.91 Å². The van der Waals surface area contributed by atoms with E-state index in [9.17, 15) is 4.79 Å². The number of nitrogens with zero attached hydrogens (tertiary/aromatic N) is 2. The molecule has 41 heavy (non-hydrogen) atoms. The fourth-order valence-corrected chi connectivity index (χ4v) is 4.99. The summed E-state index contributed by atoms with van der Waals surface area (Å²) in [7, 11) is 0. The average Bonchev–Trinajstić information content (AvgIpc) is 3.42. The van der Waals surface area contributed by atoms with E-state index in [1.807, 2.05) is 84.9 Å². The number of carbonyl (C=O) groups excluding carboxylic acids is 1. The molecule has 200 valence electrons. The van der Waals surface area contributed by atoms with Gasteiger partial charge in [-0.15, -0.1) is 0 Å². The maximum Gasteiger partial charge on any atom is 0.271 e. The molecule has 1 amide bonds. The first-order chi connectivity index (χ1) is 20.2. The highest BCUT2D eigenvalue weighted by Crippen LogP contribution is 2.27. The molecule has 0 fully saturated rings. The van der Waals surface area contributed by atoms with Crippen LogP contribution in [0.15, 0.2) is 139 Å². The van der Waals surface area contributed by atoms with Crippen molar-refractivity contribution in [2.24, 2.45) is 5.10 Å². The largest absolute Gasteiger partial charge is 0.488 e. The summed E-state index contributed by atoms with van der Waals surface area (Å²) in [5.41, 5.74) is 9.40. The van der Waals surface area contributed by atoms with E-state index < -0.39 is 0 Å². The highest BCUT2D eigenvalue weighted by atomic mass is 16.5. The molecule has 5 nitrogen and oxygen atoms in total. The van der Waals surface area contributed by atoms with Crippen molar-refractivity contribution < 1.29 is 9.53 Å². The number of hydrogen-bond acceptors (Lipinski definition) is 3. The van der Waals surface area contributed by atoms with Gasteiger partial charge in [0.1, 0.15) is 12.4 Å². The molecule has 0 aliphatic heterocycles. The van der Waals surface area contributed by atoms with Gasteiger partial charge < -0.3 is 9.30 Å². The van der Waals surface area contributed by atoms with E-state index >= 15 is 0 Å². The third-order valence-electron chi connectivity index (χ3n) is 7.09. The number of amides is 1. The Morgan fingerprint density at radius 1 is 0.780 bits per heavy atom. The standard InChI is InChI=1S/C36H29N3O2/c1-26-18-23-34(28-11-3-2-4-12-28)39(26)32-21-19-29(20-22-32)36(40)38-37-24-30-13-6-8-17-35(30)41-25-31-15-9-14-27-10-5-7-16-33(27)31/h2-24H,25H2,1H3,(H,38,40)/b37-24+. The highest BCUT2D eigenvalue weighted by molar-refractivity contribution is 5.95. The van der Waals surface area contributed by atoms with Gasteiger partial charge in [0.2, 0.25) is 0 Å². The van der Waals surface area contributed by atoms with Crippen molar-refractivity contribution in [2.75, 3.05) is 0 Å². The van der Waals surface area contributed by atoms with Crippen LogP contribution in [0, 0.1) is 6.92 Å². The van der Waals surface area contributed by atoms with Crippen molar-refractivity contribution in [3.63, 3.8) is 0 Å². The molecule has 1 aromatic heterocycles. The van der Waals surface area contributed by atoms with Gasteiger partial charge in [-0.1, -0.05) is 84.9 Å². The summed E-state index contributed by atoms with van der Waals surface area (Å²) in [5.74, 6) is 0.411. The number of fused-ring (bicyclic) bond motifs is 1. The fraction of sp³-hybridized carbons (Fsp3) is 0.0556. The predicted octanol–water partition coefficient (Wildman–Crippen LogP) is 7.95. The van der Waals surface area contributed by atoms with E-state index in [1.54, 1.807) is 6.21 Å². The van der Waals surface area contributed by atoms with Gasteiger partial charge >= 0.3 is 0 Å². The molecular weight excluding hydrogens is 506 g/mol. The number of ether oxygens (including phenoxy) is 1. The molecule has 6 rings (SSSR count). The first-order valence-corrected chi connectivity index (χ1v) is 13.5. The Balaban J connectivity index is 1.13. The SMILES string of the molecule is Cc1ccc(-c2ccccc2)n1-c1ccc(C(=O)N/N=C/c2ccccc2OCc2cccc3ccccc23)cc1. The van der Waals surface area contributed by atoms with Crippen molar-refractivity contribution in [1.82, 2.24) is 9.99 Å². The van der Waals surface area contributed by atoms with Crippen LogP contribution < -0.4 is 10.2 Å². The third-order valence-corrected chi connectivity index (χ3v) is 7.09. The lowest BCUT2D eigenvalue weighted by molar-refractivity contribution is 0.0955. The molecule has 0 bridgehead atoms. The number of rotatable bonds is 8. The number of para-hydroxylation sites is 1. The van der Waals surface area contributed by atoms with Crippen molar-refractivity contribution in [2.45, 2.75) is 13.5 Å². The summed E-state index contributed by atoms with van der Waals surface area (Å²) in [6.07, 6.45) is 1.61. The summed E-state index contributed by atoms with van der Waals surface area (Å²) in [4.78, 5) is 12.8. The van der Waals surface area contributed by atoms with Gasteiger partial charge in [0.15, 0.2) is 0 Å². The smallest absolute Gasteiger partial charge is 0.271 e. The number of hydrogen-bond donors (Lipinski definition) is 1. The summed E-state index contributed by atoms with van der Waals surface area (Å²) >= 11 is 0. The van der Waals surface area contributed by atoms with Crippen LogP contribution in [-0.4, -0.2) is 16.7 Å². The van der Waals surface area contributed by atoms with Crippen LogP contribution in [0.25, 0.3) is 27.7 Å². The summed E-state index contributed by atoms with van der Waals surface area (Å²) in [6.45, 7) is 2.50. The Morgan fingerprint density at radius 2 is 1.51 bits per heavy atom. The maximum atomic E-state index is 12.8. The third kappa shape index (κ3) is 5.65. The van der Waals surface area contributed by atoms with Gasteiger partial charge in [-0.25, -0.2) is 5.43 Å². The Hall–Kier alpha value is -5.42. The second-order valence-corrected chi connectivity index (χ2v) is 9.77. The quantitative estimate of drug-likeness (QED) is 0.159. The molecule has 5 aromatic carbocycles. The molecule has 0 saturated heterocycles. The first-order valence-electron chi connectivity index (χ1n) is 13.5. The second-order valence-electron chi connectivity index (χ2n) is 9.77. The molecule has 0 saturated carbocycles. The molecule has 0 spiro atoms. The van der Waals surface area contributed by atoms with Crippen molar-refractivity contribution >= 4 is 22.9 Å². The van der Waals surface area contributed by atoms with Crippen molar-refractivity contribution in [3.05, 3.63) is 156 Å². The maximum absolute atomic E-state index is 12.8. The summed E-state index contributed by atoms with van der Waals surface area (Å²) in [6, 6.07) is 44.1. The van der Waals surface area contributed by atoms with Gasteiger partial charge in [0, 0.05) is 22.5 Å². The highest BCUT2D eigenvalue weighted by Gasteiger charge is 2.11. The predicted molar refractivity (Wildman–Crippen MR) is 166 cm³/mol. The molecular formula is C36H29N3O2. The molecule has 0 aliphatic carbocycles. The number of benzene rings is 5. The number of hydrazone groups is 1. The molecule has 5 heteroatoms. The van der Waals surface area contributed by atoms with Crippen LogP contribution in [0.4, 0.5) is 0 Å². The van der Waals surface area contributed by atoms with E-state index in [0.29, 0.717) is 17.9 Å². The van der Waals surface area contributed by atoms with Crippen LogP contribution in [0.3, 0.4) is 0 Å². The summed E-state index contributed by atoms with van der Waals surface area (Å²) in [5, 5.41) is 6.56. The van der Waals surface area contributed by atoms with Gasteiger partial charge in [0.05, 0.1) is 11.9 Å². The zero-order valence-corrected chi connectivity index (χ0v) is 22.7. The molecule has 1 N–H and O–H groups in total. The van der Waals surface area contributed by atoms with Crippen molar-refractivity contribution in [3.8, 4) is 22.7 Å². The number of nitrogens with one attached hydrogen (secondary N) is 1. The van der Waals surface area contributed by atoms with Gasteiger partial charge in [-0.05, 0) is 77.4 Å². The van der Waals surface area contributed by atoms with Gasteiger partial charge in [-0.2, -0.15) is 5.10 Å². The molecule has 0 atom stereocenters. The molecule has 1 heterocycles. The number of aromatic nitrogens is 1. The van der Waals surface area contributed by atoms with Crippen molar-refractivity contribution in [1.29, 1.82) is 0 Å². The van der Waals surface area contributed by atoms with E-state index in [-0.39, 0.29) is 5.91 Å². The van der Waals surface area contributed by atoms with E-state index in [1.165, 1.54) is 10.8 Å². The fourth-order valence-electron chi connectivity index (χ4n) is 4.99. The Bertz CT molecular complexity index is 1830. The second kappa shape index (κ2) is 11.8. The van der Waals surface area contributed by atoms with Gasteiger partial charge in [-0.3, -0.25) is 4.79 Å². The monoisotopic (exact) mass is 535 g/mol. The number of aryl methyl sites for hydroxylation is 1. The van der Waals surface area contributed by atoms with Crippen LogP contribution >= 0.6 is 0 Å². The topological polar surface area (TPSA) is 55.6 Å². The zero-order valence-electron chi connectivity index (χ0n) is 22.7. The molecule has 0 unspecified atom stereocenters. The molecule has 0 aliphatic rings. The molecule has 6 aromatic rings. The minimum atomic E-state index is -0.283. The van der Waals surface area contributed by atoms with E-state index in [2.05, 4.69) is 70.5 Å². The number of carbonyl (C=O) groups is 1. The van der Waals surface area contributed by atoms with E-state index in [4.69, 9.17) is 4.74 Å². The van der Waals surface area contributed by atoms with E-state index in [0.717, 1.165) is 33.8 Å². The lowest BCUT2D eigenvalue weighted by Crippen LogP contribution is -2.17. The van der Waals surface area contributed by atoms with Crippen LogP contribution in [-0.2, 0) is 6.61 Å². The minimum Gasteiger partial charge on any atom is -0.488 e. The summed E-state index contributed by atoms with van der Waals surface area (Å²) < 4.78 is 8.35. The van der Waals surface area contributed by atoms with Crippen LogP contribution in [0.2, 0.25) is 0 Å². The normalized spacial score (nSPS) is 11.1. The van der Waals surface area contributed by atoms with Crippen LogP contribution in [0.1, 0.15) is 27.2 Å². The zero-order chi connectivity index (χ0) is 28.0. The molecule has 0 radical (unpaired) electrons. The first kappa shape index (κ1) is 25.8. The average molecular weight is 536 g/mol. The lowest BCUT2D eigenvalue weighted by atomic mass is 10.1. The Morgan fingerprint density at radius 3 is 2.37 bits per heavy atom. The minimum absolute atomic E-state index is 0.283.